The Morgan fingerprint density at radius 2 is 1.94 bits per heavy atom. The third kappa shape index (κ3) is 3.12. The molecule has 1 aromatic rings. The summed E-state index contributed by atoms with van der Waals surface area (Å²) in [5, 5.41) is 3.05. The van der Waals surface area contributed by atoms with Gasteiger partial charge in [-0.25, -0.2) is 4.79 Å². The van der Waals surface area contributed by atoms with E-state index in [0.717, 1.165) is 6.42 Å². The quantitative estimate of drug-likeness (QED) is 0.714. The molecule has 1 atom stereocenters. The number of aromatic amines is 1. The Balaban J connectivity index is 3.04. The number of nitrogens with one attached hydrogen (secondary N) is 2. The van der Waals surface area contributed by atoms with E-state index in [9.17, 15) is 9.59 Å². The van der Waals surface area contributed by atoms with Crippen molar-refractivity contribution in [3.8, 4) is 0 Å². The lowest BCUT2D eigenvalue weighted by Crippen LogP contribution is -2.34. The minimum Gasteiger partial charge on any atom is -0.383 e. The minimum absolute atomic E-state index is 0.121. The van der Waals surface area contributed by atoms with Crippen molar-refractivity contribution in [2.24, 2.45) is 13.0 Å². The topological polar surface area (TPSA) is 92.9 Å². The number of hydrogen-bond acceptors (Lipinski definition) is 4. The van der Waals surface area contributed by atoms with Crippen LogP contribution in [0.4, 0.5) is 11.5 Å². The molecule has 0 saturated heterocycles. The molecule has 0 bridgehead atoms. The van der Waals surface area contributed by atoms with Crippen molar-refractivity contribution in [3.05, 3.63) is 20.8 Å². The molecular weight excluding hydrogens is 220 g/mol. The summed E-state index contributed by atoms with van der Waals surface area (Å²) in [5.41, 5.74) is 5.03. The molecule has 6 heteroatoms. The van der Waals surface area contributed by atoms with E-state index in [-0.39, 0.29) is 17.5 Å². The highest BCUT2D eigenvalue weighted by atomic mass is 16.2. The van der Waals surface area contributed by atoms with Crippen LogP contribution in [0.25, 0.3) is 0 Å². The fourth-order valence-corrected chi connectivity index (χ4v) is 1.79. The lowest BCUT2D eigenvalue weighted by molar-refractivity contribution is 0.539. The molecular formula is C11H20N4O2. The SMILES string of the molecule is CC(C)CC(C)Nc1c(N)n(C)c(=O)[nH]c1=O. The number of nitrogen functional groups attached to an aromatic ring is 1. The first-order valence-corrected chi connectivity index (χ1v) is 5.68. The maximum Gasteiger partial charge on any atom is 0.329 e. The molecule has 6 nitrogen and oxygen atoms in total. The molecule has 1 rings (SSSR count). The number of aromatic nitrogens is 2. The molecule has 1 unspecified atom stereocenters. The first-order valence-electron chi connectivity index (χ1n) is 5.68. The molecule has 1 aromatic heterocycles. The Bertz CT molecular complexity index is 501. The van der Waals surface area contributed by atoms with Crippen molar-refractivity contribution in [3.63, 3.8) is 0 Å². The number of hydrogen-bond donors (Lipinski definition) is 3. The van der Waals surface area contributed by atoms with Gasteiger partial charge in [0.2, 0.25) is 0 Å². The lowest BCUT2D eigenvalue weighted by Gasteiger charge is -2.18. The fourth-order valence-electron chi connectivity index (χ4n) is 1.79. The van der Waals surface area contributed by atoms with Crippen LogP contribution in [0.15, 0.2) is 9.59 Å². The molecule has 4 N–H and O–H groups in total. The van der Waals surface area contributed by atoms with Crippen molar-refractivity contribution >= 4 is 11.5 Å². The molecule has 0 aliphatic carbocycles. The first-order chi connectivity index (χ1) is 7.82. The first kappa shape index (κ1) is 13.3. The van der Waals surface area contributed by atoms with Gasteiger partial charge in [-0.15, -0.1) is 0 Å². The fraction of sp³-hybridized carbons (Fsp3) is 0.636. The second kappa shape index (κ2) is 5.07. The van der Waals surface area contributed by atoms with Gasteiger partial charge < -0.3 is 11.1 Å². The van der Waals surface area contributed by atoms with E-state index in [0.29, 0.717) is 5.92 Å². The largest absolute Gasteiger partial charge is 0.383 e. The third-order valence-electron chi connectivity index (χ3n) is 2.59. The monoisotopic (exact) mass is 240 g/mol. The highest BCUT2D eigenvalue weighted by Crippen LogP contribution is 2.13. The molecule has 0 fully saturated rings. The predicted octanol–water partition coefficient (Wildman–Crippen LogP) is 0.502. The average Bonchev–Trinajstić information content (AvgIpc) is 2.20. The summed E-state index contributed by atoms with van der Waals surface area (Å²) in [7, 11) is 1.52. The summed E-state index contributed by atoms with van der Waals surface area (Å²) >= 11 is 0. The summed E-state index contributed by atoms with van der Waals surface area (Å²) in [5.74, 6) is 0.680. The summed E-state index contributed by atoms with van der Waals surface area (Å²) in [6.07, 6.45) is 0.918. The molecule has 17 heavy (non-hydrogen) atoms. The van der Waals surface area contributed by atoms with Crippen LogP contribution in [0.1, 0.15) is 27.2 Å². The minimum atomic E-state index is -0.505. The number of rotatable bonds is 4. The Morgan fingerprint density at radius 3 is 2.47 bits per heavy atom. The number of nitrogens with zero attached hydrogens (tertiary/aromatic N) is 1. The van der Waals surface area contributed by atoms with Gasteiger partial charge in [-0.05, 0) is 19.3 Å². The van der Waals surface area contributed by atoms with E-state index in [1.165, 1.54) is 11.6 Å². The van der Waals surface area contributed by atoms with Crippen LogP contribution in [0.2, 0.25) is 0 Å². The summed E-state index contributed by atoms with van der Waals surface area (Å²) in [4.78, 5) is 25.1. The van der Waals surface area contributed by atoms with Crippen LogP contribution in [0.5, 0.6) is 0 Å². The maximum atomic E-state index is 11.6. The van der Waals surface area contributed by atoms with E-state index >= 15 is 0 Å². The molecule has 0 saturated carbocycles. The van der Waals surface area contributed by atoms with E-state index in [1.807, 2.05) is 6.92 Å². The zero-order valence-electron chi connectivity index (χ0n) is 10.7. The second-order valence-electron chi connectivity index (χ2n) is 4.75. The normalized spacial score (nSPS) is 12.8. The predicted molar refractivity (Wildman–Crippen MR) is 69.3 cm³/mol. The summed E-state index contributed by atoms with van der Waals surface area (Å²) < 4.78 is 1.21. The molecule has 0 aromatic carbocycles. The van der Waals surface area contributed by atoms with Gasteiger partial charge in [0.1, 0.15) is 11.5 Å². The van der Waals surface area contributed by atoms with Crippen LogP contribution < -0.4 is 22.3 Å². The van der Waals surface area contributed by atoms with Crippen LogP contribution in [0.3, 0.4) is 0 Å². The Kier molecular flexibility index (Phi) is 3.98. The van der Waals surface area contributed by atoms with Gasteiger partial charge in [-0.3, -0.25) is 14.3 Å². The third-order valence-corrected chi connectivity index (χ3v) is 2.59. The summed E-state index contributed by atoms with van der Waals surface area (Å²) in [6, 6.07) is 0.121. The van der Waals surface area contributed by atoms with Crippen LogP contribution in [0, 0.1) is 5.92 Å². The number of H-pyrrole nitrogens is 1. The number of nitrogens with two attached hydrogens (primary N) is 1. The molecule has 1 heterocycles. The van der Waals surface area contributed by atoms with Gasteiger partial charge >= 0.3 is 5.69 Å². The van der Waals surface area contributed by atoms with Gasteiger partial charge in [0.25, 0.3) is 5.56 Å². The van der Waals surface area contributed by atoms with Crippen LogP contribution in [-0.2, 0) is 7.05 Å². The average molecular weight is 240 g/mol. The highest BCUT2D eigenvalue weighted by Gasteiger charge is 2.13. The molecule has 0 amide bonds. The molecule has 0 radical (unpaired) electrons. The number of anilines is 2. The lowest BCUT2D eigenvalue weighted by atomic mass is 10.1. The molecule has 96 valence electrons. The van der Waals surface area contributed by atoms with E-state index in [1.54, 1.807) is 0 Å². The zero-order valence-corrected chi connectivity index (χ0v) is 10.7. The summed E-state index contributed by atoms with van der Waals surface area (Å²) in [6.45, 7) is 6.18. The van der Waals surface area contributed by atoms with E-state index < -0.39 is 11.2 Å². The van der Waals surface area contributed by atoms with Crippen molar-refractivity contribution in [2.45, 2.75) is 33.2 Å². The van der Waals surface area contributed by atoms with Gasteiger partial charge in [-0.2, -0.15) is 0 Å². The van der Waals surface area contributed by atoms with Gasteiger partial charge in [0.05, 0.1) is 0 Å². The molecule has 0 spiro atoms. The van der Waals surface area contributed by atoms with Crippen molar-refractivity contribution in [1.29, 1.82) is 0 Å². The zero-order chi connectivity index (χ0) is 13.2. The van der Waals surface area contributed by atoms with Crippen LogP contribution >= 0.6 is 0 Å². The highest BCUT2D eigenvalue weighted by molar-refractivity contribution is 5.60. The molecule has 0 aliphatic heterocycles. The Labute approximate surface area is 99.8 Å². The smallest absolute Gasteiger partial charge is 0.329 e. The Hall–Kier alpha value is -1.72. The van der Waals surface area contributed by atoms with E-state index in [4.69, 9.17) is 5.73 Å². The van der Waals surface area contributed by atoms with Crippen molar-refractivity contribution in [2.75, 3.05) is 11.1 Å². The van der Waals surface area contributed by atoms with Gasteiger partial charge in [0.15, 0.2) is 0 Å². The van der Waals surface area contributed by atoms with E-state index in [2.05, 4.69) is 24.1 Å². The van der Waals surface area contributed by atoms with Crippen LogP contribution in [-0.4, -0.2) is 15.6 Å². The van der Waals surface area contributed by atoms with Crippen molar-refractivity contribution < 1.29 is 0 Å². The molecule has 0 aliphatic rings. The van der Waals surface area contributed by atoms with Crippen molar-refractivity contribution in [1.82, 2.24) is 9.55 Å². The van der Waals surface area contributed by atoms with Gasteiger partial charge in [-0.1, -0.05) is 13.8 Å². The Morgan fingerprint density at radius 1 is 1.35 bits per heavy atom. The standard InChI is InChI=1S/C11H20N4O2/c1-6(2)5-7(3)13-8-9(12)15(4)11(17)14-10(8)16/h6-7,13H,5,12H2,1-4H3,(H,14,16,17). The van der Waals surface area contributed by atoms with Gasteiger partial charge in [0, 0.05) is 13.1 Å². The second-order valence-corrected chi connectivity index (χ2v) is 4.75. The maximum absolute atomic E-state index is 11.6.